The molecule has 0 amide bonds. The molecule has 1 rings (SSSR count). The van der Waals surface area contributed by atoms with Gasteiger partial charge in [-0.1, -0.05) is 0 Å². The van der Waals surface area contributed by atoms with Crippen molar-refractivity contribution in [1.82, 2.24) is 0 Å². The molecule has 0 saturated heterocycles. The van der Waals surface area contributed by atoms with Gasteiger partial charge in [-0.2, -0.15) is 5.26 Å². The standard InChI is InChI=1S/C13H17FN2O/c1-4-16(9-13(2,3)17)12-6-5-10(8-15)7-11(12)14/h5-7,17H,4,9H2,1-3H3. The molecule has 0 unspecified atom stereocenters. The van der Waals surface area contributed by atoms with Crippen LogP contribution in [0.1, 0.15) is 26.3 Å². The molecule has 4 heteroatoms. The first-order valence-electron chi connectivity index (χ1n) is 5.54. The zero-order valence-electron chi connectivity index (χ0n) is 10.4. The van der Waals surface area contributed by atoms with Crippen LogP contribution in [0.2, 0.25) is 0 Å². The number of likely N-dealkylation sites (N-methyl/N-ethyl adjacent to an activating group) is 1. The summed E-state index contributed by atoms with van der Waals surface area (Å²) in [6.45, 7) is 6.18. The minimum absolute atomic E-state index is 0.297. The number of halogens is 1. The van der Waals surface area contributed by atoms with Gasteiger partial charge in [0.2, 0.25) is 0 Å². The Morgan fingerprint density at radius 3 is 2.53 bits per heavy atom. The fourth-order valence-corrected chi connectivity index (χ4v) is 1.67. The molecule has 0 aliphatic heterocycles. The molecule has 0 radical (unpaired) electrons. The van der Waals surface area contributed by atoms with Crippen molar-refractivity contribution in [2.24, 2.45) is 0 Å². The Kier molecular flexibility index (Phi) is 4.08. The summed E-state index contributed by atoms with van der Waals surface area (Å²) in [4.78, 5) is 1.75. The van der Waals surface area contributed by atoms with Gasteiger partial charge >= 0.3 is 0 Å². The predicted octanol–water partition coefficient (Wildman–Crippen LogP) is 2.29. The molecule has 0 saturated carbocycles. The van der Waals surface area contributed by atoms with Crippen LogP contribution in [0, 0.1) is 17.1 Å². The lowest BCUT2D eigenvalue weighted by molar-refractivity contribution is 0.0874. The molecule has 0 atom stereocenters. The first-order valence-corrected chi connectivity index (χ1v) is 5.54. The third-order valence-electron chi connectivity index (χ3n) is 2.38. The van der Waals surface area contributed by atoms with Crippen LogP contribution in [0.15, 0.2) is 18.2 Å². The summed E-state index contributed by atoms with van der Waals surface area (Å²) in [5.41, 5.74) is -0.185. The minimum Gasteiger partial charge on any atom is -0.389 e. The quantitative estimate of drug-likeness (QED) is 0.872. The summed E-state index contributed by atoms with van der Waals surface area (Å²) in [5, 5.41) is 18.4. The van der Waals surface area contributed by atoms with Gasteiger partial charge in [-0.25, -0.2) is 4.39 Å². The van der Waals surface area contributed by atoms with Gasteiger partial charge in [-0.15, -0.1) is 0 Å². The Bertz CT molecular complexity index is 432. The second-order valence-corrected chi connectivity index (χ2v) is 4.60. The first kappa shape index (κ1) is 13.5. The van der Waals surface area contributed by atoms with E-state index in [1.54, 1.807) is 30.9 Å². The van der Waals surface area contributed by atoms with Crippen LogP contribution in [-0.2, 0) is 0 Å². The number of hydrogen-bond acceptors (Lipinski definition) is 3. The number of rotatable bonds is 4. The Hall–Kier alpha value is -1.60. The smallest absolute Gasteiger partial charge is 0.147 e. The minimum atomic E-state index is -0.893. The lowest BCUT2D eigenvalue weighted by Crippen LogP contribution is -2.39. The fourth-order valence-electron chi connectivity index (χ4n) is 1.67. The number of nitrogens with zero attached hydrogens (tertiary/aromatic N) is 2. The molecule has 0 aliphatic carbocycles. The van der Waals surface area contributed by atoms with E-state index in [4.69, 9.17) is 5.26 Å². The van der Waals surface area contributed by atoms with E-state index in [1.807, 2.05) is 13.0 Å². The zero-order valence-corrected chi connectivity index (χ0v) is 10.4. The molecule has 17 heavy (non-hydrogen) atoms. The highest BCUT2D eigenvalue weighted by Crippen LogP contribution is 2.22. The third kappa shape index (κ3) is 3.72. The maximum absolute atomic E-state index is 13.8. The summed E-state index contributed by atoms with van der Waals surface area (Å²) < 4.78 is 13.8. The van der Waals surface area contributed by atoms with Crippen molar-refractivity contribution >= 4 is 5.69 Å². The zero-order chi connectivity index (χ0) is 13.1. The SMILES string of the molecule is CCN(CC(C)(C)O)c1ccc(C#N)cc1F. The average molecular weight is 236 g/mol. The van der Waals surface area contributed by atoms with E-state index in [1.165, 1.54) is 6.07 Å². The summed E-state index contributed by atoms with van der Waals surface area (Å²) in [6, 6.07) is 6.25. The number of nitriles is 1. The molecule has 0 aliphatic rings. The number of hydrogen-bond donors (Lipinski definition) is 1. The van der Waals surface area contributed by atoms with Crippen LogP contribution in [0.3, 0.4) is 0 Å². The van der Waals surface area contributed by atoms with E-state index in [-0.39, 0.29) is 0 Å². The Balaban J connectivity index is 3.01. The maximum Gasteiger partial charge on any atom is 0.147 e. The second kappa shape index (κ2) is 5.15. The number of benzene rings is 1. The largest absolute Gasteiger partial charge is 0.389 e. The van der Waals surface area contributed by atoms with Crippen molar-refractivity contribution in [2.75, 3.05) is 18.0 Å². The van der Waals surface area contributed by atoms with Crippen molar-refractivity contribution < 1.29 is 9.50 Å². The molecule has 1 aromatic carbocycles. The van der Waals surface area contributed by atoms with E-state index in [9.17, 15) is 9.50 Å². The lowest BCUT2D eigenvalue weighted by Gasteiger charge is -2.30. The van der Waals surface area contributed by atoms with Crippen LogP contribution < -0.4 is 4.90 Å². The summed E-state index contributed by atoms with van der Waals surface area (Å²) >= 11 is 0. The van der Waals surface area contributed by atoms with Gasteiger partial charge in [0.15, 0.2) is 0 Å². The van der Waals surface area contributed by atoms with Gasteiger partial charge in [0.25, 0.3) is 0 Å². The van der Waals surface area contributed by atoms with Crippen molar-refractivity contribution in [3.05, 3.63) is 29.6 Å². The second-order valence-electron chi connectivity index (χ2n) is 4.60. The molecule has 0 spiro atoms. The fraction of sp³-hybridized carbons (Fsp3) is 0.462. The summed E-state index contributed by atoms with van der Waals surface area (Å²) in [6.07, 6.45) is 0. The van der Waals surface area contributed by atoms with Crippen molar-refractivity contribution in [3.8, 4) is 6.07 Å². The highest BCUT2D eigenvalue weighted by Gasteiger charge is 2.19. The van der Waals surface area contributed by atoms with E-state index < -0.39 is 11.4 Å². The van der Waals surface area contributed by atoms with E-state index in [0.29, 0.717) is 24.3 Å². The average Bonchev–Trinajstić information content (AvgIpc) is 2.24. The van der Waals surface area contributed by atoms with Gasteiger partial charge in [0.05, 0.1) is 22.9 Å². The summed E-state index contributed by atoms with van der Waals surface area (Å²) in [7, 11) is 0. The van der Waals surface area contributed by atoms with E-state index in [0.717, 1.165) is 0 Å². The van der Waals surface area contributed by atoms with Gasteiger partial charge < -0.3 is 10.0 Å². The number of aliphatic hydroxyl groups is 1. The molecule has 1 aromatic rings. The molecule has 1 N–H and O–H groups in total. The normalized spacial score (nSPS) is 11.1. The van der Waals surface area contributed by atoms with Gasteiger partial charge in [0.1, 0.15) is 5.82 Å². The topological polar surface area (TPSA) is 47.3 Å². The molecule has 0 heterocycles. The number of anilines is 1. The molecular weight excluding hydrogens is 219 g/mol. The molecule has 0 aromatic heterocycles. The maximum atomic E-state index is 13.8. The molecule has 0 fully saturated rings. The molecule has 92 valence electrons. The molecule has 3 nitrogen and oxygen atoms in total. The van der Waals surface area contributed by atoms with E-state index >= 15 is 0 Å². The van der Waals surface area contributed by atoms with E-state index in [2.05, 4.69) is 0 Å². The predicted molar refractivity (Wildman–Crippen MR) is 65.3 cm³/mol. The van der Waals surface area contributed by atoms with Crippen molar-refractivity contribution in [2.45, 2.75) is 26.4 Å². The van der Waals surface area contributed by atoms with Gasteiger partial charge in [-0.3, -0.25) is 0 Å². The van der Waals surface area contributed by atoms with Crippen LogP contribution in [0.25, 0.3) is 0 Å². The monoisotopic (exact) mass is 236 g/mol. The van der Waals surface area contributed by atoms with Crippen LogP contribution in [-0.4, -0.2) is 23.8 Å². The Morgan fingerprint density at radius 2 is 2.12 bits per heavy atom. The van der Waals surface area contributed by atoms with Gasteiger partial charge in [-0.05, 0) is 39.0 Å². The highest BCUT2D eigenvalue weighted by atomic mass is 19.1. The molecular formula is C13H17FN2O. The summed E-state index contributed by atoms with van der Waals surface area (Å²) in [5.74, 6) is -0.435. The lowest BCUT2D eigenvalue weighted by atomic mass is 10.1. The molecule has 0 bridgehead atoms. The van der Waals surface area contributed by atoms with Crippen LogP contribution >= 0.6 is 0 Å². The Morgan fingerprint density at radius 1 is 1.47 bits per heavy atom. The third-order valence-corrected chi connectivity index (χ3v) is 2.38. The highest BCUT2D eigenvalue weighted by molar-refractivity contribution is 5.51. The van der Waals surface area contributed by atoms with Crippen molar-refractivity contribution in [1.29, 1.82) is 5.26 Å². The van der Waals surface area contributed by atoms with Crippen molar-refractivity contribution in [3.63, 3.8) is 0 Å². The van der Waals surface area contributed by atoms with Crippen LogP contribution in [0.5, 0.6) is 0 Å². The van der Waals surface area contributed by atoms with Crippen LogP contribution in [0.4, 0.5) is 10.1 Å². The Labute approximate surface area is 101 Å². The first-order chi connectivity index (χ1) is 7.87. The van der Waals surface area contributed by atoms with Gasteiger partial charge in [0, 0.05) is 13.1 Å².